The number of pyridine rings is 1. The molecule has 1 unspecified atom stereocenters. The van der Waals surface area contributed by atoms with Crippen molar-refractivity contribution in [2.24, 2.45) is 0 Å². The smallest absolute Gasteiger partial charge is 0.315 e. The molecule has 1 atom stereocenters. The van der Waals surface area contributed by atoms with Crippen molar-refractivity contribution in [3.63, 3.8) is 0 Å². The van der Waals surface area contributed by atoms with E-state index >= 15 is 0 Å². The number of methoxy groups -OCH3 is 1. The number of hydrogen-bond acceptors (Lipinski definition) is 4. The van der Waals surface area contributed by atoms with E-state index in [9.17, 15) is 4.79 Å². The summed E-state index contributed by atoms with van der Waals surface area (Å²) in [6.45, 7) is 2.78. The van der Waals surface area contributed by atoms with Gasteiger partial charge in [0.2, 0.25) is 0 Å². The van der Waals surface area contributed by atoms with Crippen LogP contribution in [0.5, 0.6) is 0 Å². The van der Waals surface area contributed by atoms with Gasteiger partial charge in [-0.05, 0) is 18.6 Å². The fraction of sp³-hybridized carbons (Fsp3) is 0.357. The second kappa shape index (κ2) is 7.39. The van der Waals surface area contributed by atoms with E-state index in [1.807, 2.05) is 29.8 Å². The number of carbonyl (C=O) groups excluding carboxylic acids is 1. The molecular weight excluding hydrogens is 270 g/mol. The number of nitrogens with one attached hydrogen (secondary N) is 2. The second-order valence-electron chi connectivity index (χ2n) is 4.68. The van der Waals surface area contributed by atoms with Gasteiger partial charge < -0.3 is 15.4 Å². The number of amides is 2. The van der Waals surface area contributed by atoms with Gasteiger partial charge in [-0.15, -0.1) is 0 Å². The van der Waals surface area contributed by atoms with Crippen LogP contribution in [0.2, 0.25) is 0 Å². The van der Waals surface area contributed by atoms with E-state index in [0.29, 0.717) is 13.2 Å². The first-order valence-corrected chi connectivity index (χ1v) is 6.65. The topological polar surface area (TPSA) is 81.1 Å². The summed E-state index contributed by atoms with van der Waals surface area (Å²) in [5.74, 6) is 0.786. The minimum atomic E-state index is -0.224. The quantitative estimate of drug-likeness (QED) is 0.834. The van der Waals surface area contributed by atoms with Gasteiger partial charge in [0.25, 0.3) is 0 Å². The van der Waals surface area contributed by atoms with Gasteiger partial charge in [0.15, 0.2) is 0 Å². The standard InChI is InChI=1S/C14H19N5O2/c1-11(9-21-2)18-14(20)17-8-12-3-4-13(16-7-12)19-6-5-15-10-19/h3-7,10-11H,8-9H2,1-2H3,(H2,17,18,20). The first kappa shape index (κ1) is 15.0. The Morgan fingerprint density at radius 1 is 1.48 bits per heavy atom. The van der Waals surface area contributed by atoms with Crippen molar-refractivity contribution in [3.8, 4) is 5.82 Å². The first-order valence-electron chi connectivity index (χ1n) is 6.65. The van der Waals surface area contributed by atoms with E-state index in [0.717, 1.165) is 11.4 Å². The number of carbonyl (C=O) groups is 1. The van der Waals surface area contributed by atoms with E-state index in [-0.39, 0.29) is 12.1 Å². The van der Waals surface area contributed by atoms with Crippen LogP contribution in [-0.2, 0) is 11.3 Å². The molecule has 0 aromatic carbocycles. The maximum absolute atomic E-state index is 11.6. The molecule has 2 heterocycles. The van der Waals surface area contributed by atoms with E-state index < -0.39 is 0 Å². The summed E-state index contributed by atoms with van der Waals surface area (Å²) in [6.07, 6.45) is 6.94. The fourth-order valence-corrected chi connectivity index (χ4v) is 1.82. The zero-order valence-corrected chi connectivity index (χ0v) is 12.1. The number of ether oxygens (including phenoxy) is 1. The highest BCUT2D eigenvalue weighted by molar-refractivity contribution is 5.74. The number of hydrogen-bond donors (Lipinski definition) is 2. The Kier molecular flexibility index (Phi) is 5.28. The molecular formula is C14H19N5O2. The molecule has 2 amide bonds. The largest absolute Gasteiger partial charge is 0.383 e. The third kappa shape index (κ3) is 4.57. The lowest BCUT2D eigenvalue weighted by Gasteiger charge is -2.13. The molecule has 7 nitrogen and oxygen atoms in total. The molecule has 2 N–H and O–H groups in total. The number of imidazole rings is 1. The minimum absolute atomic E-state index is 0.0308. The Hall–Kier alpha value is -2.41. The lowest BCUT2D eigenvalue weighted by molar-refractivity contribution is 0.171. The van der Waals surface area contributed by atoms with Gasteiger partial charge in [-0.2, -0.15) is 0 Å². The monoisotopic (exact) mass is 289 g/mol. The maximum atomic E-state index is 11.6. The summed E-state index contributed by atoms with van der Waals surface area (Å²) in [5, 5.41) is 5.55. The molecule has 0 radical (unpaired) electrons. The molecule has 0 spiro atoms. The van der Waals surface area contributed by atoms with Crippen molar-refractivity contribution >= 4 is 6.03 Å². The molecule has 0 fully saturated rings. The number of aromatic nitrogens is 3. The normalized spacial score (nSPS) is 11.9. The second-order valence-corrected chi connectivity index (χ2v) is 4.68. The molecule has 0 bridgehead atoms. The van der Waals surface area contributed by atoms with Crippen molar-refractivity contribution in [1.29, 1.82) is 0 Å². The van der Waals surface area contributed by atoms with Crippen molar-refractivity contribution in [2.75, 3.05) is 13.7 Å². The average molecular weight is 289 g/mol. The van der Waals surface area contributed by atoms with Gasteiger partial charge in [-0.1, -0.05) is 6.07 Å². The fourth-order valence-electron chi connectivity index (χ4n) is 1.82. The lowest BCUT2D eigenvalue weighted by atomic mass is 10.3. The van der Waals surface area contributed by atoms with E-state index in [1.54, 1.807) is 25.8 Å². The summed E-state index contributed by atoms with van der Waals surface area (Å²) in [4.78, 5) is 19.9. The SMILES string of the molecule is COCC(C)NC(=O)NCc1ccc(-n2ccnc2)nc1. The number of urea groups is 1. The van der Waals surface area contributed by atoms with Gasteiger partial charge >= 0.3 is 6.03 Å². The van der Waals surface area contributed by atoms with Gasteiger partial charge in [-0.25, -0.2) is 14.8 Å². The molecule has 0 aliphatic rings. The lowest BCUT2D eigenvalue weighted by Crippen LogP contribution is -2.42. The van der Waals surface area contributed by atoms with Gasteiger partial charge in [-0.3, -0.25) is 4.57 Å². The predicted octanol–water partition coefficient (Wildman–Crippen LogP) is 1.10. The van der Waals surface area contributed by atoms with Crippen LogP contribution in [-0.4, -0.2) is 40.3 Å². The molecule has 2 aromatic heterocycles. The Morgan fingerprint density at radius 2 is 2.33 bits per heavy atom. The molecule has 0 aliphatic carbocycles. The molecule has 112 valence electrons. The Bertz CT molecular complexity index is 553. The van der Waals surface area contributed by atoms with Crippen LogP contribution in [0.4, 0.5) is 4.79 Å². The number of nitrogens with zero attached hydrogens (tertiary/aromatic N) is 3. The zero-order chi connectivity index (χ0) is 15.1. The summed E-state index contributed by atoms with van der Waals surface area (Å²) in [7, 11) is 1.60. The van der Waals surface area contributed by atoms with Crippen molar-refractivity contribution in [3.05, 3.63) is 42.6 Å². The van der Waals surface area contributed by atoms with Crippen LogP contribution in [0, 0.1) is 0 Å². The predicted molar refractivity (Wildman–Crippen MR) is 78.1 cm³/mol. The summed E-state index contributed by atoms with van der Waals surface area (Å²) in [5.41, 5.74) is 0.924. The maximum Gasteiger partial charge on any atom is 0.315 e. The zero-order valence-electron chi connectivity index (χ0n) is 12.1. The Balaban J connectivity index is 1.82. The molecule has 0 aliphatic heterocycles. The third-order valence-corrected chi connectivity index (χ3v) is 2.83. The molecule has 7 heteroatoms. The summed E-state index contributed by atoms with van der Waals surface area (Å²) in [6, 6.07) is 3.54. The Labute approximate surface area is 123 Å². The first-order chi connectivity index (χ1) is 10.2. The van der Waals surface area contributed by atoms with Gasteiger partial charge in [0.05, 0.1) is 12.6 Å². The van der Waals surface area contributed by atoms with Crippen LogP contribution in [0.15, 0.2) is 37.1 Å². The number of rotatable bonds is 6. The van der Waals surface area contributed by atoms with Gasteiger partial charge in [0, 0.05) is 32.2 Å². The summed E-state index contributed by atoms with van der Waals surface area (Å²) >= 11 is 0. The van der Waals surface area contributed by atoms with E-state index in [1.165, 1.54) is 0 Å². The molecule has 2 rings (SSSR count). The van der Waals surface area contributed by atoms with Crippen molar-refractivity contribution < 1.29 is 9.53 Å². The van der Waals surface area contributed by atoms with E-state index in [4.69, 9.17) is 4.74 Å². The third-order valence-electron chi connectivity index (χ3n) is 2.83. The molecule has 21 heavy (non-hydrogen) atoms. The van der Waals surface area contributed by atoms with Gasteiger partial charge in [0.1, 0.15) is 12.1 Å². The van der Waals surface area contributed by atoms with Crippen LogP contribution >= 0.6 is 0 Å². The average Bonchev–Trinajstić information content (AvgIpc) is 3.00. The highest BCUT2D eigenvalue weighted by Crippen LogP contribution is 2.05. The van der Waals surface area contributed by atoms with Crippen LogP contribution < -0.4 is 10.6 Å². The molecule has 0 saturated heterocycles. The van der Waals surface area contributed by atoms with Crippen LogP contribution in [0.1, 0.15) is 12.5 Å². The summed E-state index contributed by atoms with van der Waals surface area (Å²) < 4.78 is 6.77. The molecule has 0 saturated carbocycles. The van der Waals surface area contributed by atoms with Crippen LogP contribution in [0.25, 0.3) is 5.82 Å². The highest BCUT2D eigenvalue weighted by atomic mass is 16.5. The highest BCUT2D eigenvalue weighted by Gasteiger charge is 2.06. The minimum Gasteiger partial charge on any atom is -0.383 e. The van der Waals surface area contributed by atoms with Crippen LogP contribution in [0.3, 0.4) is 0 Å². The van der Waals surface area contributed by atoms with E-state index in [2.05, 4.69) is 20.6 Å². The Morgan fingerprint density at radius 3 is 2.95 bits per heavy atom. The molecule has 2 aromatic rings. The van der Waals surface area contributed by atoms with Crippen molar-refractivity contribution in [2.45, 2.75) is 19.5 Å². The van der Waals surface area contributed by atoms with Crippen molar-refractivity contribution in [1.82, 2.24) is 25.2 Å².